The standard InChI is InChI=1S/C14H25NO2/c1-6-9-15-12(11-8-7-10-17-11)13(16-5)14(2,3)4/h7-8,10,12-13,15H,6,9H2,1-5H3. The van der Waals surface area contributed by atoms with E-state index in [9.17, 15) is 0 Å². The molecule has 1 heterocycles. The van der Waals surface area contributed by atoms with Crippen LogP contribution in [0.2, 0.25) is 0 Å². The molecular formula is C14H25NO2. The highest BCUT2D eigenvalue weighted by molar-refractivity contribution is 5.08. The van der Waals surface area contributed by atoms with Crippen molar-refractivity contribution in [1.29, 1.82) is 0 Å². The Labute approximate surface area is 105 Å². The van der Waals surface area contributed by atoms with Crippen LogP contribution < -0.4 is 5.32 Å². The Morgan fingerprint density at radius 3 is 2.53 bits per heavy atom. The normalized spacial score (nSPS) is 15.8. The van der Waals surface area contributed by atoms with E-state index in [0.717, 1.165) is 18.7 Å². The second-order valence-electron chi connectivity index (χ2n) is 5.47. The van der Waals surface area contributed by atoms with Crippen molar-refractivity contribution in [2.45, 2.75) is 46.3 Å². The van der Waals surface area contributed by atoms with Gasteiger partial charge in [0.2, 0.25) is 0 Å². The monoisotopic (exact) mass is 239 g/mol. The summed E-state index contributed by atoms with van der Waals surface area (Å²) < 4.78 is 11.2. The smallest absolute Gasteiger partial charge is 0.123 e. The fraction of sp³-hybridized carbons (Fsp3) is 0.714. The Morgan fingerprint density at radius 1 is 1.41 bits per heavy atom. The lowest BCUT2D eigenvalue weighted by Gasteiger charge is -2.35. The molecule has 0 radical (unpaired) electrons. The Balaban J connectivity index is 2.88. The van der Waals surface area contributed by atoms with Crippen LogP contribution in [0.4, 0.5) is 0 Å². The first-order valence-electron chi connectivity index (χ1n) is 6.30. The van der Waals surface area contributed by atoms with Gasteiger partial charge in [-0.05, 0) is 30.5 Å². The summed E-state index contributed by atoms with van der Waals surface area (Å²) in [4.78, 5) is 0. The molecule has 2 atom stereocenters. The van der Waals surface area contributed by atoms with Gasteiger partial charge in [-0.25, -0.2) is 0 Å². The summed E-state index contributed by atoms with van der Waals surface area (Å²) in [5.74, 6) is 0.945. The van der Waals surface area contributed by atoms with Crippen LogP contribution in [0.3, 0.4) is 0 Å². The lowest BCUT2D eigenvalue weighted by Crippen LogP contribution is -2.41. The molecule has 0 spiro atoms. The van der Waals surface area contributed by atoms with Crippen LogP contribution in [0.5, 0.6) is 0 Å². The lowest BCUT2D eigenvalue weighted by atomic mass is 9.83. The number of nitrogens with one attached hydrogen (secondary N) is 1. The summed E-state index contributed by atoms with van der Waals surface area (Å²) >= 11 is 0. The Hall–Kier alpha value is -0.800. The molecule has 1 aromatic rings. The van der Waals surface area contributed by atoms with Crippen molar-refractivity contribution in [3.05, 3.63) is 24.2 Å². The molecule has 0 fully saturated rings. The molecule has 0 aliphatic rings. The van der Waals surface area contributed by atoms with Gasteiger partial charge < -0.3 is 14.5 Å². The third-order valence-electron chi connectivity index (χ3n) is 2.87. The van der Waals surface area contributed by atoms with Crippen LogP contribution in [0.25, 0.3) is 0 Å². The third-order valence-corrected chi connectivity index (χ3v) is 2.87. The molecule has 1 N–H and O–H groups in total. The van der Waals surface area contributed by atoms with Crippen molar-refractivity contribution < 1.29 is 9.15 Å². The largest absolute Gasteiger partial charge is 0.468 e. The van der Waals surface area contributed by atoms with Crippen LogP contribution in [0, 0.1) is 5.41 Å². The lowest BCUT2D eigenvalue weighted by molar-refractivity contribution is -0.0169. The number of hydrogen-bond acceptors (Lipinski definition) is 3. The van der Waals surface area contributed by atoms with Crippen LogP contribution in [-0.4, -0.2) is 19.8 Å². The molecule has 0 aliphatic carbocycles. The number of furan rings is 1. The number of ether oxygens (including phenoxy) is 1. The van der Waals surface area contributed by atoms with Gasteiger partial charge in [0.25, 0.3) is 0 Å². The molecule has 0 amide bonds. The van der Waals surface area contributed by atoms with Crippen molar-refractivity contribution in [3.63, 3.8) is 0 Å². The van der Waals surface area contributed by atoms with Gasteiger partial charge in [0.05, 0.1) is 18.4 Å². The fourth-order valence-electron chi connectivity index (χ4n) is 2.11. The van der Waals surface area contributed by atoms with E-state index < -0.39 is 0 Å². The average molecular weight is 239 g/mol. The minimum absolute atomic E-state index is 0.0624. The van der Waals surface area contributed by atoms with E-state index in [1.54, 1.807) is 13.4 Å². The number of hydrogen-bond donors (Lipinski definition) is 1. The van der Waals surface area contributed by atoms with Crippen LogP contribution in [-0.2, 0) is 4.74 Å². The van der Waals surface area contributed by atoms with Crippen LogP contribution in [0.1, 0.15) is 45.9 Å². The molecule has 0 aliphatic heterocycles. The van der Waals surface area contributed by atoms with Gasteiger partial charge in [0.1, 0.15) is 5.76 Å². The fourth-order valence-corrected chi connectivity index (χ4v) is 2.11. The quantitative estimate of drug-likeness (QED) is 0.826. The zero-order chi connectivity index (χ0) is 12.9. The number of rotatable bonds is 6. The first-order chi connectivity index (χ1) is 8.00. The molecule has 1 rings (SSSR count). The predicted octanol–water partition coefficient (Wildman–Crippen LogP) is 3.38. The van der Waals surface area contributed by atoms with Gasteiger partial charge in [-0.1, -0.05) is 27.7 Å². The van der Waals surface area contributed by atoms with Gasteiger partial charge >= 0.3 is 0 Å². The molecule has 2 unspecified atom stereocenters. The van der Waals surface area contributed by atoms with Crippen molar-refractivity contribution in [3.8, 4) is 0 Å². The molecule has 3 heteroatoms. The second kappa shape index (κ2) is 6.22. The Morgan fingerprint density at radius 2 is 2.12 bits per heavy atom. The maximum Gasteiger partial charge on any atom is 0.123 e. The maximum absolute atomic E-state index is 5.68. The summed E-state index contributed by atoms with van der Waals surface area (Å²) in [6, 6.07) is 4.03. The summed E-state index contributed by atoms with van der Waals surface area (Å²) in [5.41, 5.74) is 0.0624. The highest BCUT2D eigenvalue weighted by Crippen LogP contribution is 2.32. The van der Waals surface area contributed by atoms with E-state index in [4.69, 9.17) is 9.15 Å². The number of methoxy groups -OCH3 is 1. The molecule has 3 nitrogen and oxygen atoms in total. The van der Waals surface area contributed by atoms with Gasteiger partial charge in [-0.2, -0.15) is 0 Å². The zero-order valence-electron chi connectivity index (χ0n) is 11.6. The van der Waals surface area contributed by atoms with Gasteiger partial charge in [0, 0.05) is 7.11 Å². The Bertz CT molecular complexity index is 301. The first kappa shape index (κ1) is 14.3. The van der Waals surface area contributed by atoms with E-state index >= 15 is 0 Å². The van der Waals surface area contributed by atoms with Crippen molar-refractivity contribution in [1.82, 2.24) is 5.32 Å². The third kappa shape index (κ3) is 3.86. The minimum Gasteiger partial charge on any atom is -0.468 e. The topological polar surface area (TPSA) is 34.4 Å². The van der Waals surface area contributed by atoms with Gasteiger partial charge in [-0.3, -0.25) is 0 Å². The average Bonchev–Trinajstić information content (AvgIpc) is 2.75. The highest BCUT2D eigenvalue weighted by atomic mass is 16.5. The second-order valence-corrected chi connectivity index (χ2v) is 5.47. The predicted molar refractivity (Wildman–Crippen MR) is 70.0 cm³/mol. The molecule has 0 bridgehead atoms. The molecule has 98 valence electrons. The molecule has 1 aromatic heterocycles. The summed E-state index contributed by atoms with van der Waals surface area (Å²) in [7, 11) is 1.76. The van der Waals surface area contributed by atoms with E-state index in [0.29, 0.717) is 0 Å². The highest BCUT2D eigenvalue weighted by Gasteiger charge is 2.34. The molecule has 0 aromatic carbocycles. The van der Waals surface area contributed by atoms with Gasteiger partial charge in [0.15, 0.2) is 0 Å². The molecule has 0 saturated carbocycles. The minimum atomic E-state index is 0.0624. The van der Waals surface area contributed by atoms with E-state index in [-0.39, 0.29) is 17.6 Å². The van der Waals surface area contributed by atoms with Crippen molar-refractivity contribution in [2.75, 3.05) is 13.7 Å². The summed E-state index contributed by atoms with van der Waals surface area (Å²) in [6.07, 6.45) is 2.89. The van der Waals surface area contributed by atoms with E-state index in [2.05, 4.69) is 33.0 Å². The zero-order valence-corrected chi connectivity index (χ0v) is 11.6. The molecule has 0 saturated heterocycles. The summed E-state index contributed by atoms with van der Waals surface area (Å²) in [6.45, 7) is 9.67. The SMILES string of the molecule is CCCNC(c1ccco1)C(OC)C(C)(C)C. The van der Waals surface area contributed by atoms with Crippen LogP contribution >= 0.6 is 0 Å². The molecular weight excluding hydrogens is 214 g/mol. The molecule has 17 heavy (non-hydrogen) atoms. The van der Waals surface area contributed by atoms with Gasteiger partial charge in [-0.15, -0.1) is 0 Å². The van der Waals surface area contributed by atoms with Crippen molar-refractivity contribution in [2.24, 2.45) is 5.41 Å². The maximum atomic E-state index is 5.68. The van der Waals surface area contributed by atoms with Crippen LogP contribution in [0.15, 0.2) is 22.8 Å². The van der Waals surface area contributed by atoms with E-state index in [1.807, 2.05) is 12.1 Å². The summed E-state index contributed by atoms with van der Waals surface area (Å²) in [5, 5.41) is 3.51. The Kier molecular flexibility index (Phi) is 5.22. The van der Waals surface area contributed by atoms with E-state index in [1.165, 1.54) is 0 Å². The van der Waals surface area contributed by atoms with Crippen molar-refractivity contribution >= 4 is 0 Å². The first-order valence-corrected chi connectivity index (χ1v) is 6.30.